The summed E-state index contributed by atoms with van der Waals surface area (Å²) >= 11 is 1.02. The molecule has 0 spiro atoms. The van der Waals surface area contributed by atoms with Gasteiger partial charge >= 0.3 is 12.1 Å². The van der Waals surface area contributed by atoms with Crippen LogP contribution >= 0.6 is 11.8 Å². The zero-order valence-electron chi connectivity index (χ0n) is 12.3. The number of benzene rings is 1. The Morgan fingerprint density at radius 1 is 1.36 bits per heavy atom. The molecule has 0 heterocycles. The molecule has 1 aromatic rings. The zero-order valence-corrected chi connectivity index (χ0v) is 13.1. The molecule has 6 heteroatoms. The third kappa shape index (κ3) is 3.97. The standard InChI is InChI=1S/C16H19F3O2S/c1-22-14-7-6-11(9-13(14)16(17,18)19)12(15(20)21)8-10-4-2-3-5-10/h6-7,9-10,12H,2-5,8H2,1H3,(H,20,21)/t12-/m1/s1. The first kappa shape index (κ1) is 17.2. The molecule has 1 fully saturated rings. The average molecular weight is 332 g/mol. The summed E-state index contributed by atoms with van der Waals surface area (Å²) in [6, 6.07) is 3.92. The molecule has 0 radical (unpaired) electrons. The van der Waals surface area contributed by atoms with Gasteiger partial charge in [0.25, 0.3) is 0 Å². The second-order valence-corrected chi connectivity index (χ2v) is 6.58. The summed E-state index contributed by atoms with van der Waals surface area (Å²) < 4.78 is 39.4. The molecule has 2 rings (SSSR count). The fourth-order valence-electron chi connectivity index (χ4n) is 3.12. The monoisotopic (exact) mass is 332 g/mol. The van der Waals surface area contributed by atoms with Crippen molar-refractivity contribution in [3.8, 4) is 0 Å². The van der Waals surface area contributed by atoms with Crippen molar-refractivity contribution in [2.75, 3.05) is 6.26 Å². The fraction of sp³-hybridized carbons (Fsp3) is 0.562. The van der Waals surface area contributed by atoms with Crippen LogP contribution in [-0.2, 0) is 11.0 Å². The van der Waals surface area contributed by atoms with Gasteiger partial charge < -0.3 is 5.11 Å². The number of hydrogen-bond donors (Lipinski definition) is 1. The minimum absolute atomic E-state index is 0.126. The molecule has 0 aromatic heterocycles. The summed E-state index contributed by atoms with van der Waals surface area (Å²) in [7, 11) is 0. The molecule has 1 aromatic carbocycles. The van der Waals surface area contributed by atoms with Gasteiger partial charge in [-0.2, -0.15) is 13.2 Å². The van der Waals surface area contributed by atoms with E-state index in [-0.39, 0.29) is 10.5 Å². The lowest BCUT2D eigenvalue weighted by Crippen LogP contribution is -2.16. The number of hydrogen-bond acceptors (Lipinski definition) is 2. The number of carboxylic acids is 1. The number of aliphatic carboxylic acids is 1. The van der Waals surface area contributed by atoms with E-state index in [1.54, 1.807) is 6.26 Å². The van der Waals surface area contributed by atoms with Crippen LogP contribution < -0.4 is 0 Å². The van der Waals surface area contributed by atoms with Crippen molar-refractivity contribution in [2.45, 2.75) is 49.1 Å². The van der Waals surface area contributed by atoms with E-state index in [0.29, 0.717) is 12.3 Å². The Kier molecular flexibility index (Phi) is 5.42. The number of carboxylic acid groups (broad SMARTS) is 1. The Morgan fingerprint density at radius 2 is 2.00 bits per heavy atom. The summed E-state index contributed by atoms with van der Waals surface area (Å²) in [5.74, 6) is -1.60. The smallest absolute Gasteiger partial charge is 0.417 e. The van der Waals surface area contributed by atoms with Crippen LogP contribution in [0.15, 0.2) is 23.1 Å². The first-order chi connectivity index (χ1) is 10.3. The van der Waals surface area contributed by atoms with Crippen LogP contribution in [0.4, 0.5) is 13.2 Å². The Balaban J connectivity index is 2.33. The second kappa shape index (κ2) is 6.94. The topological polar surface area (TPSA) is 37.3 Å². The van der Waals surface area contributed by atoms with Gasteiger partial charge in [0.1, 0.15) is 0 Å². The van der Waals surface area contributed by atoms with Crippen LogP contribution in [0.1, 0.15) is 49.1 Å². The number of carbonyl (C=O) groups is 1. The fourth-order valence-corrected chi connectivity index (χ4v) is 3.72. The van der Waals surface area contributed by atoms with E-state index in [1.165, 1.54) is 12.1 Å². The normalized spacial score (nSPS) is 17.6. The summed E-state index contributed by atoms with van der Waals surface area (Å²) in [5.41, 5.74) is -0.486. The van der Waals surface area contributed by atoms with Gasteiger partial charge in [0.15, 0.2) is 0 Å². The predicted molar refractivity (Wildman–Crippen MR) is 80.2 cm³/mol. The maximum Gasteiger partial charge on any atom is 0.417 e. The summed E-state index contributed by atoms with van der Waals surface area (Å²) in [5, 5.41) is 9.42. The third-order valence-electron chi connectivity index (χ3n) is 4.27. The van der Waals surface area contributed by atoms with Crippen molar-refractivity contribution in [3.05, 3.63) is 29.3 Å². The molecule has 0 saturated heterocycles. The van der Waals surface area contributed by atoms with Crippen LogP contribution in [0.2, 0.25) is 0 Å². The van der Waals surface area contributed by atoms with Gasteiger partial charge in [-0.1, -0.05) is 31.7 Å². The van der Waals surface area contributed by atoms with Crippen molar-refractivity contribution in [2.24, 2.45) is 5.92 Å². The third-order valence-corrected chi connectivity index (χ3v) is 5.07. The summed E-state index contributed by atoms with van der Waals surface area (Å²) in [4.78, 5) is 11.6. The van der Waals surface area contributed by atoms with E-state index in [4.69, 9.17) is 0 Å². The van der Waals surface area contributed by atoms with Crippen LogP contribution in [-0.4, -0.2) is 17.3 Å². The van der Waals surface area contributed by atoms with E-state index in [2.05, 4.69) is 0 Å². The van der Waals surface area contributed by atoms with Crippen LogP contribution in [0.25, 0.3) is 0 Å². The molecule has 1 saturated carbocycles. The maximum atomic E-state index is 13.1. The Morgan fingerprint density at radius 3 is 2.50 bits per heavy atom. The summed E-state index contributed by atoms with van der Waals surface area (Å²) in [6.45, 7) is 0. The molecule has 2 nitrogen and oxygen atoms in total. The van der Waals surface area contributed by atoms with Gasteiger partial charge in [0.05, 0.1) is 11.5 Å². The Hall–Kier alpha value is -1.17. The van der Waals surface area contributed by atoms with Crippen molar-refractivity contribution in [1.82, 2.24) is 0 Å². The highest BCUT2D eigenvalue weighted by Gasteiger charge is 2.35. The molecule has 122 valence electrons. The zero-order chi connectivity index (χ0) is 16.3. The molecule has 1 N–H and O–H groups in total. The molecule has 0 amide bonds. The molecule has 0 bridgehead atoms. The minimum atomic E-state index is -4.47. The quantitative estimate of drug-likeness (QED) is 0.755. The van der Waals surface area contributed by atoms with Crippen LogP contribution in [0.5, 0.6) is 0 Å². The number of rotatable bonds is 5. The van der Waals surface area contributed by atoms with Gasteiger partial charge in [-0.3, -0.25) is 4.79 Å². The molecule has 1 atom stereocenters. The van der Waals surface area contributed by atoms with E-state index < -0.39 is 23.6 Å². The van der Waals surface area contributed by atoms with Crippen molar-refractivity contribution in [1.29, 1.82) is 0 Å². The van der Waals surface area contributed by atoms with Gasteiger partial charge in [0.2, 0.25) is 0 Å². The predicted octanol–water partition coefficient (Wildman–Crippen LogP) is 5.18. The van der Waals surface area contributed by atoms with E-state index in [0.717, 1.165) is 43.5 Å². The Labute approximate surface area is 132 Å². The average Bonchev–Trinajstić information content (AvgIpc) is 2.96. The largest absolute Gasteiger partial charge is 0.481 e. The van der Waals surface area contributed by atoms with E-state index in [9.17, 15) is 23.1 Å². The van der Waals surface area contributed by atoms with Crippen LogP contribution in [0, 0.1) is 5.92 Å². The molecule has 0 unspecified atom stereocenters. The lowest BCUT2D eigenvalue weighted by atomic mass is 9.87. The van der Waals surface area contributed by atoms with Gasteiger partial charge in [-0.25, -0.2) is 0 Å². The lowest BCUT2D eigenvalue weighted by Gasteiger charge is -2.19. The van der Waals surface area contributed by atoms with Crippen molar-refractivity contribution >= 4 is 17.7 Å². The Bertz CT molecular complexity index is 537. The highest BCUT2D eigenvalue weighted by Crippen LogP contribution is 2.40. The molecular formula is C16H19F3O2S. The first-order valence-corrected chi connectivity index (χ1v) is 8.53. The minimum Gasteiger partial charge on any atom is -0.481 e. The lowest BCUT2D eigenvalue weighted by molar-refractivity contribution is -0.141. The highest BCUT2D eigenvalue weighted by atomic mass is 32.2. The van der Waals surface area contributed by atoms with E-state index in [1.807, 2.05) is 0 Å². The van der Waals surface area contributed by atoms with Gasteiger partial charge in [0, 0.05) is 4.90 Å². The molecular weight excluding hydrogens is 313 g/mol. The van der Waals surface area contributed by atoms with Crippen molar-refractivity contribution in [3.63, 3.8) is 0 Å². The van der Waals surface area contributed by atoms with E-state index >= 15 is 0 Å². The summed E-state index contributed by atoms with van der Waals surface area (Å²) in [6.07, 6.45) is 1.64. The van der Waals surface area contributed by atoms with Gasteiger partial charge in [-0.15, -0.1) is 11.8 Å². The molecule has 1 aliphatic rings. The molecule has 22 heavy (non-hydrogen) atoms. The number of halogens is 3. The first-order valence-electron chi connectivity index (χ1n) is 7.31. The van der Waals surface area contributed by atoms with Crippen LogP contribution in [0.3, 0.4) is 0 Å². The number of thioether (sulfide) groups is 1. The molecule has 0 aliphatic heterocycles. The SMILES string of the molecule is CSc1ccc([C@@H](CC2CCCC2)C(=O)O)cc1C(F)(F)F. The maximum absolute atomic E-state index is 13.1. The number of alkyl halides is 3. The highest BCUT2D eigenvalue weighted by molar-refractivity contribution is 7.98. The van der Waals surface area contributed by atoms with Gasteiger partial charge in [-0.05, 0) is 36.3 Å². The molecule has 1 aliphatic carbocycles. The van der Waals surface area contributed by atoms with Crippen molar-refractivity contribution < 1.29 is 23.1 Å². The second-order valence-electron chi connectivity index (χ2n) is 5.73.